The van der Waals surface area contributed by atoms with Crippen LogP contribution in [0.15, 0.2) is 18.2 Å². The second kappa shape index (κ2) is 3.41. The average molecular weight is 176 g/mol. The molecule has 70 valence electrons. The number of fused-ring (bicyclic) bond motifs is 1. The second-order valence-electron chi connectivity index (χ2n) is 3.71. The van der Waals surface area contributed by atoms with Crippen LogP contribution in [0.3, 0.4) is 0 Å². The third-order valence-corrected chi connectivity index (χ3v) is 3.05. The number of hydrogen-bond donors (Lipinski definition) is 0. The number of benzene rings is 1. The topological polar surface area (TPSA) is 9.23 Å². The Balaban J connectivity index is 2.37. The third kappa shape index (κ3) is 1.43. The van der Waals surface area contributed by atoms with Crippen molar-refractivity contribution in [3.8, 4) is 5.75 Å². The van der Waals surface area contributed by atoms with Gasteiger partial charge in [0, 0.05) is 0 Å². The van der Waals surface area contributed by atoms with Gasteiger partial charge in [-0.2, -0.15) is 0 Å². The highest BCUT2D eigenvalue weighted by molar-refractivity contribution is 5.40. The first-order valence-corrected chi connectivity index (χ1v) is 5.02. The molecule has 1 aromatic rings. The van der Waals surface area contributed by atoms with Gasteiger partial charge in [-0.25, -0.2) is 0 Å². The summed E-state index contributed by atoms with van der Waals surface area (Å²) < 4.78 is 5.23. The molecule has 0 aliphatic heterocycles. The number of ether oxygens (including phenoxy) is 1. The van der Waals surface area contributed by atoms with E-state index >= 15 is 0 Å². The number of hydrogen-bond acceptors (Lipinski definition) is 1. The lowest BCUT2D eigenvalue weighted by atomic mass is 9.99. The third-order valence-electron chi connectivity index (χ3n) is 3.05. The Labute approximate surface area is 79.7 Å². The van der Waals surface area contributed by atoms with Gasteiger partial charge in [0.25, 0.3) is 0 Å². The Morgan fingerprint density at radius 2 is 2.31 bits per heavy atom. The van der Waals surface area contributed by atoms with E-state index in [2.05, 4.69) is 25.1 Å². The summed E-state index contributed by atoms with van der Waals surface area (Å²) in [6.45, 7) is 2.26. The van der Waals surface area contributed by atoms with Crippen LogP contribution in [0.2, 0.25) is 0 Å². The smallest absolute Gasteiger partial charge is 0.119 e. The molecule has 0 N–H and O–H groups in total. The fraction of sp³-hybridized carbons (Fsp3) is 0.500. The van der Waals surface area contributed by atoms with Crippen LogP contribution in [0.1, 0.15) is 36.8 Å². The van der Waals surface area contributed by atoms with Crippen LogP contribution >= 0.6 is 0 Å². The molecule has 1 heteroatoms. The van der Waals surface area contributed by atoms with Gasteiger partial charge in [0.15, 0.2) is 0 Å². The molecule has 13 heavy (non-hydrogen) atoms. The fourth-order valence-corrected chi connectivity index (χ4v) is 2.22. The Morgan fingerprint density at radius 1 is 1.46 bits per heavy atom. The van der Waals surface area contributed by atoms with Crippen molar-refractivity contribution in [2.24, 2.45) is 0 Å². The Morgan fingerprint density at radius 3 is 3.00 bits per heavy atom. The molecule has 1 nitrogen and oxygen atoms in total. The highest BCUT2D eigenvalue weighted by atomic mass is 16.5. The summed E-state index contributed by atoms with van der Waals surface area (Å²) in [6, 6.07) is 6.48. The monoisotopic (exact) mass is 176 g/mol. The van der Waals surface area contributed by atoms with Gasteiger partial charge in [-0.1, -0.05) is 13.0 Å². The first-order chi connectivity index (χ1) is 6.35. The van der Waals surface area contributed by atoms with Crippen molar-refractivity contribution in [3.05, 3.63) is 29.3 Å². The second-order valence-corrected chi connectivity index (χ2v) is 3.71. The van der Waals surface area contributed by atoms with Gasteiger partial charge in [-0.3, -0.25) is 0 Å². The minimum absolute atomic E-state index is 0.769. The summed E-state index contributed by atoms with van der Waals surface area (Å²) in [7, 11) is 1.73. The summed E-state index contributed by atoms with van der Waals surface area (Å²) in [4.78, 5) is 0. The standard InChI is InChI=1S/C12H16O/c1-3-9-4-5-10-6-7-11(13-2)8-12(9)10/h6-9H,3-5H2,1-2H3. The van der Waals surface area contributed by atoms with Gasteiger partial charge in [0.05, 0.1) is 7.11 Å². The van der Waals surface area contributed by atoms with Crippen LogP contribution in [0.25, 0.3) is 0 Å². The maximum atomic E-state index is 5.23. The molecule has 1 unspecified atom stereocenters. The molecule has 0 amide bonds. The van der Waals surface area contributed by atoms with Gasteiger partial charge in [-0.05, 0) is 48.4 Å². The highest BCUT2D eigenvalue weighted by Gasteiger charge is 2.20. The van der Waals surface area contributed by atoms with E-state index in [1.807, 2.05) is 0 Å². The molecular weight excluding hydrogens is 160 g/mol. The molecule has 1 atom stereocenters. The molecule has 0 radical (unpaired) electrons. The van der Waals surface area contributed by atoms with Crippen LogP contribution in [-0.4, -0.2) is 7.11 Å². The van der Waals surface area contributed by atoms with Gasteiger partial charge < -0.3 is 4.74 Å². The van der Waals surface area contributed by atoms with E-state index < -0.39 is 0 Å². The van der Waals surface area contributed by atoms with Crippen LogP contribution in [0.5, 0.6) is 5.75 Å². The lowest BCUT2D eigenvalue weighted by Gasteiger charge is -2.09. The van der Waals surface area contributed by atoms with Crippen molar-refractivity contribution in [2.75, 3.05) is 7.11 Å². The zero-order valence-electron chi connectivity index (χ0n) is 8.34. The molecule has 0 spiro atoms. The van der Waals surface area contributed by atoms with Crippen molar-refractivity contribution in [3.63, 3.8) is 0 Å². The van der Waals surface area contributed by atoms with E-state index in [9.17, 15) is 0 Å². The average Bonchev–Trinajstić information content (AvgIpc) is 2.59. The van der Waals surface area contributed by atoms with Gasteiger partial charge in [0.2, 0.25) is 0 Å². The van der Waals surface area contributed by atoms with Crippen LogP contribution in [0.4, 0.5) is 0 Å². The van der Waals surface area contributed by atoms with E-state index in [1.54, 1.807) is 7.11 Å². The minimum Gasteiger partial charge on any atom is -0.497 e. The molecule has 2 rings (SSSR count). The quantitative estimate of drug-likeness (QED) is 0.672. The number of methoxy groups -OCH3 is 1. The summed E-state index contributed by atoms with van der Waals surface area (Å²) in [5.41, 5.74) is 3.04. The molecule has 1 aliphatic rings. The Hall–Kier alpha value is -0.980. The van der Waals surface area contributed by atoms with Crippen molar-refractivity contribution in [2.45, 2.75) is 32.1 Å². The van der Waals surface area contributed by atoms with Crippen LogP contribution < -0.4 is 4.74 Å². The molecule has 0 fully saturated rings. The summed E-state index contributed by atoms with van der Waals surface area (Å²) in [6.07, 6.45) is 3.82. The van der Waals surface area contributed by atoms with Crippen molar-refractivity contribution >= 4 is 0 Å². The maximum Gasteiger partial charge on any atom is 0.119 e. The fourth-order valence-electron chi connectivity index (χ4n) is 2.22. The zero-order chi connectivity index (χ0) is 9.26. The SMILES string of the molecule is CCC1CCc2ccc(OC)cc21. The first-order valence-electron chi connectivity index (χ1n) is 5.02. The maximum absolute atomic E-state index is 5.23. The van der Waals surface area contributed by atoms with E-state index in [0.29, 0.717) is 0 Å². The Bertz CT molecular complexity index is 304. The molecule has 0 heterocycles. The van der Waals surface area contributed by atoms with Gasteiger partial charge in [0.1, 0.15) is 5.75 Å². The van der Waals surface area contributed by atoms with E-state index in [1.165, 1.54) is 30.4 Å². The van der Waals surface area contributed by atoms with Crippen LogP contribution in [0, 0.1) is 0 Å². The first kappa shape index (κ1) is 8.61. The minimum atomic E-state index is 0.769. The van der Waals surface area contributed by atoms with Gasteiger partial charge in [-0.15, -0.1) is 0 Å². The van der Waals surface area contributed by atoms with E-state index in [0.717, 1.165) is 11.7 Å². The van der Waals surface area contributed by atoms with Gasteiger partial charge >= 0.3 is 0 Å². The predicted octanol–water partition coefficient (Wildman–Crippen LogP) is 3.14. The summed E-state index contributed by atoms with van der Waals surface area (Å²) in [5.74, 6) is 1.77. The predicted molar refractivity (Wildman–Crippen MR) is 54.3 cm³/mol. The van der Waals surface area contributed by atoms with Crippen molar-refractivity contribution < 1.29 is 4.74 Å². The van der Waals surface area contributed by atoms with Crippen molar-refractivity contribution in [1.82, 2.24) is 0 Å². The molecule has 1 aromatic carbocycles. The molecule has 1 aliphatic carbocycles. The lowest BCUT2D eigenvalue weighted by molar-refractivity contribution is 0.414. The molecule has 0 saturated heterocycles. The molecule has 0 aromatic heterocycles. The normalized spacial score (nSPS) is 20.0. The lowest BCUT2D eigenvalue weighted by Crippen LogP contribution is -1.92. The molecule has 0 saturated carbocycles. The van der Waals surface area contributed by atoms with E-state index in [4.69, 9.17) is 4.74 Å². The van der Waals surface area contributed by atoms with E-state index in [-0.39, 0.29) is 0 Å². The highest BCUT2D eigenvalue weighted by Crippen LogP contribution is 2.37. The number of rotatable bonds is 2. The zero-order valence-corrected chi connectivity index (χ0v) is 8.34. The van der Waals surface area contributed by atoms with Crippen LogP contribution in [-0.2, 0) is 6.42 Å². The summed E-state index contributed by atoms with van der Waals surface area (Å²) in [5, 5.41) is 0. The molecular formula is C12H16O. The summed E-state index contributed by atoms with van der Waals surface area (Å²) >= 11 is 0. The van der Waals surface area contributed by atoms with Crippen molar-refractivity contribution in [1.29, 1.82) is 0 Å². The largest absolute Gasteiger partial charge is 0.497 e. The number of aryl methyl sites for hydroxylation is 1. The Kier molecular flexibility index (Phi) is 2.26. The molecule has 0 bridgehead atoms.